The van der Waals surface area contributed by atoms with Crippen molar-refractivity contribution in [3.8, 4) is 0 Å². The maximum absolute atomic E-state index is 11.6. The summed E-state index contributed by atoms with van der Waals surface area (Å²) >= 11 is 0. The van der Waals surface area contributed by atoms with Crippen molar-refractivity contribution >= 4 is 11.7 Å². The molecule has 0 aromatic carbocycles. The van der Waals surface area contributed by atoms with Crippen LogP contribution in [0.4, 0.5) is 5.69 Å². The van der Waals surface area contributed by atoms with Gasteiger partial charge in [-0.15, -0.1) is 0 Å². The molecule has 0 spiro atoms. The van der Waals surface area contributed by atoms with Crippen LogP contribution >= 0.6 is 0 Å². The molecule has 0 saturated carbocycles. The number of nitrogen functional groups attached to an aromatic ring is 1. The third-order valence-electron chi connectivity index (χ3n) is 2.09. The highest BCUT2D eigenvalue weighted by Gasteiger charge is 2.13. The Morgan fingerprint density at radius 1 is 1.41 bits per heavy atom. The van der Waals surface area contributed by atoms with Crippen molar-refractivity contribution in [3.63, 3.8) is 0 Å². The molecule has 0 fully saturated rings. The molecule has 0 radical (unpaired) electrons. The molecule has 0 amide bonds. The second kappa shape index (κ2) is 5.23. The molecule has 5 nitrogen and oxygen atoms in total. The topological polar surface area (TPSA) is 66.5 Å². The summed E-state index contributed by atoms with van der Waals surface area (Å²) in [6.07, 6.45) is 1.67. The zero-order valence-corrected chi connectivity index (χ0v) is 10.8. The van der Waals surface area contributed by atoms with Gasteiger partial charge in [-0.05, 0) is 26.8 Å². The van der Waals surface area contributed by atoms with Crippen LogP contribution in [0.25, 0.3) is 0 Å². The fourth-order valence-corrected chi connectivity index (χ4v) is 1.35. The minimum absolute atomic E-state index is 0.220. The third kappa shape index (κ3) is 4.48. The molecule has 1 aromatic rings. The molecule has 1 rings (SSSR count). The molecule has 5 heteroatoms. The van der Waals surface area contributed by atoms with Gasteiger partial charge in [-0.1, -0.05) is 0 Å². The molecule has 0 aliphatic rings. The van der Waals surface area contributed by atoms with E-state index in [2.05, 4.69) is 0 Å². The van der Waals surface area contributed by atoms with E-state index in [1.54, 1.807) is 23.9 Å². The first kappa shape index (κ1) is 13.6. The van der Waals surface area contributed by atoms with Gasteiger partial charge in [0.1, 0.15) is 12.3 Å². The molecule has 0 bridgehead atoms. The number of ether oxygens (including phenoxy) is 2. The molecule has 0 atom stereocenters. The molecule has 1 heterocycles. The number of esters is 1. The standard InChI is InChI=1S/C12H20N2O3/c1-12(2,3)17-6-5-16-11(15)10-7-9(13)8-14(10)4/h7-8H,5-6,13H2,1-4H3. The van der Waals surface area contributed by atoms with Gasteiger partial charge >= 0.3 is 5.97 Å². The lowest BCUT2D eigenvalue weighted by atomic mass is 10.2. The normalized spacial score (nSPS) is 11.5. The minimum atomic E-state index is -0.387. The van der Waals surface area contributed by atoms with E-state index in [9.17, 15) is 4.79 Å². The van der Waals surface area contributed by atoms with Gasteiger partial charge in [0.25, 0.3) is 0 Å². The maximum atomic E-state index is 11.6. The molecular formula is C12H20N2O3. The summed E-state index contributed by atoms with van der Waals surface area (Å²) in [5.41, 5.74) is 6.34. The van der Waals surface area contributed by atoms with Gasteiger partial charge in [-0.2, -0.15) is 0 Å². The van der Waals surface area contributed by atoms with Crippen LogP contribution in [-0.4, -0.2) is 29.4 Å². The molecule has 0 saturated heterocycles. The Morgan fingerprint density at radius 3 is 2.53 bits per heavy atom. The number of aryl methyl sites for hydroxylation is 1. The Balaban J connectivity index is 2.38. The lowest BCUT2D eigenvalue weighted by Crippen LogP contribution is -2.23. The highest BCUT2D eigenvalue weighted by molar-refractivity contribution is 5.89. The van der Waals surface area contributed by atoms with Crippen molar-refractivity contribution in [3.05, 3.63) is 18.0 Å². The summed E-state index contributed by atoms with van der Waals surface area (Å²) in [6.45, 7) is 6.47. The molecule has 1 aromatic heterocycles. The minimum Gasteiger partial charge on any atom is -0.459 e. The summed E-state index contributed by atoms with van der Waals surface area (Å²) in [5, 5.41) is 0. The molecule has 96 valence electrons. The zero-order valence-electron chi connectivity index (χ0n) is 10.8. The van der Waals surface area contributed by atoms with E-state index in [0.717, 1.165) is 0 Å². The van der Waals surface area contributed by atoms with E-state index < -0.39 is 0 Å². The number of nitrogens with zero attached hydrogens (tertiary/aromatic N) is 1. The Bertz CT molecular complexity index is 391. The van der Waals surface area contributed by atoms with Gasteiger partial charge in [0.15, 0.2) is 0 Å². The lowest BCUT2D eigenvalue weighted by molar-refractivity contribution is -0.0284. The van der Waals surface area contributed by atoms with Crippen molar-refractivity contribution in [1.82, 2.24) is 4.57 Å². The Hall–Kier alpha value is -1.49. The number of rotatable bonds is 4. The predicted molar refractivity (Wildman–Crippen MR) is 65.8 cm³/mol. The summed E-state index contributed by atoms with van der Waals surface area (Å²) in [4.78, 5) is 11.6. The average Bonchev–Trinajstić information content (AvgIpc) is 2.51. The van der Waals surface area contributed by atoms with Gasteiger partial charge in [0, 0.05) is 13.2 Å². The second-order valence-corrected chi connectivity index (χ2v) is 4.87. The fraction of sp³-hybridized carbons (Fsp3) is 0.583. The van der Waals surface area contributed by atoms with Crippen LogP contribution < -0.4 is 5.73 Å². The summed E-state index contributed by atoms with van der Waals surface area (Å²) < 4.78 is 12.2. The van der Waals surface area contributed by atoms with Crippen LogP contribution in [0.5, 0.6) is 0 Å². The van der Waals surface area contributed by atoms with Gasteiger partial charge in [-0.25, -0.2) is 4.79 Å². The van der Waals surface area contributed by atoms with Crippen molar-refractivity contribution < 1.29 is 14.3 Å². The molecular weight excluding hydrogens is 220 g/mol. The summed E-state index contributed by atoms with van der Waals surface area (Å²) in [6, 6.07) is 1.59. The summed E-state index contributed by atoms with van der Waals surface area (Å²) in [5.74, 6) is -0.387. The highest BCUT2D eigenvalue weighted by atomic mass is 16.6. The third-order valence-corrected chi connectivity index (χ3v) is 2.09. The number of hydrogen-bond donors (Lipinski definition) is 1. The van der Waals surface area contributed by atoms with Crippen LogP contribution in [0.15, 0.2) is 12.3 Å². The SMILES string of the molecule is Cn1cc(N)cc1C(=O)OCCOC(C)(C)C. The fourth-order valence-electron chi connectivity index (χ4n) is 1.35. The predicted octanol–water partition coefficient (Wildman–Crippen LogP) is 1.58. The lowest BCUT2D eigenvalue weighted by Gasteiger charge is -2.19. The van der Waals surface area contributed by atoms with E-state index in [0.29, 0.717) is 18.0 Å². The first-order chi connectivity index (χ1) is 7.79. The molecule has 17 heavy (non-hydrogen) atoms. The number of carbonyl (C=O) groups is 1. The summed E-state index contributed by atoms with van der Waals surface area (Å²) in [7, 11) is 1.75. The molecule has 2 N–H and O–H groups in total. The first-order valence-electron chi connectivity index (χ1n) is 5.52. The van der Waals surface area contributed by atoms with Crippen molar-refractivity contribution in [2.24, 2.45) is 7.05 Å². The monoisotopic (exact) mass is 240 g/mol. The average molecular weight is 240 g/mol. The number of aromatic nitrogens is 1. The van der Waals surface area contributed by atoms with E-state index in [4.69, 9.17) is 15.2 Å². The van der Waals surface area contributed by atoms with Gasteiger partial charge in [0.05, 0.1) is 17.9 Å². The quantitative estimate of drug-likeness (QED) is 0.641. The Kier molecular flexibility index (Phi) is 4.17. The van der Waals surface area contributed by atoms with E-state index >= 15 is 0 Å². The Morgan fingerprint density at radius 2 is 2.06 bits per heavy atom. The van der Waals surface area contributed by atoms with Gasteiger partial charge in [0.2, 0.25) is 0 Å². The second-order valence-electron chi connectivity index (χ2n) is 4.87. The number of hydrogen-bond acceptors (Lipinski definition) is 4. The number of nitrogens with two attached hydrogens (primary N) is 1. The van der Waals surface area contributed by atoms with Gasteiger partial charge in [-0.3, -0.25) is 0 Å². The van der Waals surface area contributed by atoms with Crippen LogP contribution in [0.2, 0.25) is 0 Å². The Labute approximate surface area is 101 Å². The highest BCUT2D eigenvalue weighted by Crippen LogP contribution is 2.10. The van der Waals surface area contributed by atoms with Gasteiger partial charge < -0.3 is 19.8 Å². The van der Waals surface area contributed by atoms with Crippen LogP contribution in [-0.2, 0) is 16.5 Å². The number of anilines is 1. The first-order valence-corrected chi connectivity index (χ1v) is 5.52. The van der Waals surface area contributed by atoms with Crippen LogP contribution in [0.1, 0.15) is 31.3 Å². The molecule has 0 aliphatic carbocycles. The maximum Gasteiger partial charge on any atom is 0.355 e. The largest absolute Gasteiger partial charge is 0.459 e. The number of carbonyl (C=O) groups excluding carboxylic acids is 1. The van der Waals surface area contributed by atoms with E-state index in [-0.39, 0.29) is 18.2 Å². The van der Waals surface area contributed by atoms with Crippen molar-refractivity contribution in [2.75, 3.05) is 18.9 Å². The van der Waals surface area contributed by atoms with Crippen LogP contribution in [0.3, 0.4) is 0 Å². The van der Waals surface area contributed by atoms with Crippen LogP contribution in [0, 0.1) is 0 Å². The molecule has 0 unspecified atom stereocenters. The van der Waals surface area contributed by atoms with Crippen molar-refractivity contribution in [2.45, 2.75) is 26.4 Å². The smallest absolute Gasteiger partial charge is 0.355 e. The van der Waals surface area contributed by atoms with E-state index in [1.165, 1.54) is 0 Å². The van der Waals surface area contributed by atoms with Crippen molar-refractivity contribution in [1.29, 1.82) is 0 Å². The van der Waals surface area contributed by atoms with E-state index in [1.807, 2.05) is 20.8 Å². The molecule has 0 aliphatic heterocycles. The zero-order chi connectivity index (χ0) is 13.1.